The van der Waals surface area contributed by atoms with Crippen LogP contribution < -0.4 is 0 Å². The van der Waals surface area contributed by atoms with Crippen molar-refractivity contribution in [2.24, 2.45) is 11.8 Å². The summed E-state index contributed by atoms with van der Waals surface area (Å²) in [6.07, 6.45) is 12.2. The first-order chi connectivity index (χ1) is 10.0. The summed E-state index contributed by atoms with van der Waals surface area (Å²) in [5.41, 5.74) is 0. The first kappa shape index (κ1) is 17.0. The van der Waals surface area contributed by atoms with E-state index in [1.54, 1.807) is 0 Å². The molecule has 0 unspecified atom stereocenters. The Morgan fingerprint density at radius 2 is 1.29 bits per heavy atom. The monoisotopic (exact) mass is 308 g/mol. The van der Waals surface area contributed by atoms with E-state index in [1.807, 2.05) is 0 Å². The second kappa shape index (κ2) is 7.75. The molecule has 0 saturated carbocycles. The first-order valence-electron chi connectivity index (χ1n) is 8.71. The highest BCUT2D eigenvalue weighted by Gasteiger charge is 2.47. The van der Waals surface area contributed by atoms with Crippen molar-refractivity contribution in [3.05, 3.63) is 22.5 Å². The molecule has 2 aliphatic carbocycles. The Balaban J connectivity index is 2.26. The molecule has 0 radical (unpaired) electrons. The quantitative estimate of drug-likeness (QED) is 0.583. The molecule has 0 heterocycles. The topological polar surface area (TPSA) is 18.5 Å². The Kier molecular flexibility index (Phi) is 6.27. The first-order valence-corrected chi connectivity index (χ1v) is 10.5. The molecule has 0 amide bonds. The molecule has 0 saturated heterocycles. The molecule has 0 spiro atoms. The van der Waals surface area contributed by atoms with Crippen molar-refractivity contribution in [2.45, 2.75) is 66.2 Å². The molecule has 0 aliphatic heterocycles. The van der Waals surface area contributed by atoms with Crippen LogP contribution in [0.2, 0.25) is 0 Å². The fourth-order valence-corrected chi connectivity index (χ4v) is 7.34. The van der Waals surface area contributed by atoms with E-state index >= 15 is 0 Å². The van der Waals surface area contributed by atoms with Crippen LogP contribution in [0.15, 0.2) is 22.5 Å². The van der Waals surface area contributed by atoms with Gasteiger partial charge in [-0.05, 0) is 60.8 Å². The van der Waals surface area contributed by atoms with Crippen molar-refractivity contribution in [3.63, 3.8) is 0 Å². The van der Waals surface area contributed by atoms with Gasteiger partial charge < -0.3 is 8.85 Å². The summed E-state index contributed by atoms with van der Waals surface area (Å²) >= 11 is 0. The zero-order chi connectivity index (χ0) is 15.3. The molecule has 2 nitrogen and oxygen atoms in total. The summed E-state index contributed by atoms with van der Waals surface area (Å²) in [6.45, 7) is 10.6. The van der Waals surface area contributed by atoms with E-state index in [0.717, 1.165) is 13.2 Å². The maximum absolute atomic E-state index is 6.59. The van der Waals surface area contributed by atoms with Crippen LogP contribution in [0.4, 0.5) is 0 Å². The minimum Gasteiger partial charge on any atom is -0.388 e. The summed E-state index contributed by atoms with van der Waals surface area (Å²) in [7, 11) is -2.33. The lowest BCUT2D eigenvalue weighted by Crippen LogP contribution is -2.48. The Bertz CT molecular complexity index is 358. The molecule has 2 aliphatic rings. The standard InChI is InChI=1S/C18H32O2Si/c1-15(2)13-19-21(20-14-16(3)4,17-9-5-6-10-17)18-11-7-8-12-18/h9,11,15-16H,5-8,10,12-14H2,1-4H3. The van der Waals surface area contributed by atoms with Crippen LogP contribution >= 0.6 is 0 Å². The Morgan fingerprint density at radius 1 is 0.857 bits per heavy atom. The van der Waals surface area contributed by atoms with Gasteiger partial charge in [0.1, 0.15) is 0 Å². The van der Waals surface area contributed by atoms with Crippen LogP contribution in [0.1, 0.15) is 66.2 Å². The van der Waals surface area contributed by atoms with Gasteiger partial charge in [0.25, 0.3) is 0 Å². The van der Waals surface area contributed by atoms with Crippen LogP contribution in [0.5, 0.6) is 0 Å². The van der Waals surface area contributed by atoms with Gasteiger partial charge in [0.15, 0.2) is 0 Å². The average molecular weight is 309 g/mol. The molecule has 0 atom stereocenters. The number of hydrogen-bond acceptors (Lipinski definition) is 2. The molecule has 3 heteroatoms. The normalized spacial score (nSPS) is 19.5. The molecule has 120 valence electrons. The third-order valence-corrected chi connectivity index (χ3v) is 7.91. The molecule has 2 rings (SSSR count). The summed E-state index contributed by atoms with van der Waals surface area (Å²) in [6, 6.07) is 0. The van der Waals surface area contributed by atoms with Crippen LogP contribution in [-0.2, 0) is 8.85 Å². The Hall–Kier alpha value is -0.383. The van der Waals surface area contributed by atoms with Crippen LogP contribution in [-0.4, -0.2) is 21.8 Å². The summed E-state index contributed by atoms with van der Waals surface area (Å²) in [5, 5.41) is 3.02. The molecule has 0 bridgehead atoms. The largest absolute Gasteiger partial charge is 0.398 e. The number of allylic oxidation sites excluding steroid dienone is 4. The molecular weight excluding hydrogens is 276 g/mol. The lowest BCUT2D eigenvalue weighted by atomic mass is 10.2. The second-order valence-electron chi connectivity index (χ2n) is 7.27. The Morgan fingerprint density at radius 3 is 1.57 bits per heavy atom. The van der Waals surface area contributed by atoms with E-state index in [4.69, 9.17) is 8.85 Å². The van der Waals surface area contributed by atoms with Gasteiger partial charge in [0.2, 0.25) is 0 Å². The van der Waals surface area contributed by atoms with Crippen LogP contribution in [0.3, 0.4) is 0 Å². The number of rotatable bonds is 8. The lowest BCUT2D eigenvalue weighted by Gasteiger charge is -2.34. The fourth-order valence-electron chi connectivity index (χ4n) is 3.13. The van der Waals surface area contributed by atoms with E-state index in [1.165, 1.54) is 48.9 Å². The van der Waals surface area contributed by atoms with E-state index in [-0.39, 0.29) is 0 Å². The zero-order valence-corrected chi connectivity index (χ0v) is 15.3. The highest BCUT2D eigenvalue weighted by Crippen LogP contribution is 2.39. The van der Waals surface area contributed by atoms with Crippen molar-refractivity contribution in [2.75, 3.05) is 13.2 Å². The van der Waals surface area contributed by atoms with Crippen molar-refractivity contribution in [3.8, 4) is 0 Å². The minimum atomic E-state index is -2.33. The van der Waals surface area contributed by atoms with E-state index < -0.39 is 8.56 Å². The minimum absolute atomic E-state index is 0.559. The number of hydrogen-bond donors (Lipinski definition) is 0. The molecule has 0 aromatic rings. The van der Waals surface area contributed by atoms with Gasteiger partial charge in [-0.3, -0.25) is 0 Å². The SMILES string of the molecule is CC(C)CO[Si](OCC(C)C)(C1=CCCC1)C1=CCCC1. The average Bonchev–Trinajstić information content (AvgIpc) is 3.12. The van der Waals surface area contributed by atoms with Gasteiger partial charge in [0.05, 0.1) is 0 Å². The van der Waals surface area contributed by atoms with Gasteiger partial charge >= 0.3 is 8.56 Å². The molecule has 0 fully saturated rings. The smallest absolute Gasteiger partial charge is 0.388 e. The van der Waals surface area contributed by atoms with Crippen molar-refractivity contribution in [1.29, 1.82) is 0 Å². The second-order valence-corrected chi connectivity index (χ2v) is 10.4. The third-order valence-electron chi connectivity index (χ3n) is 4.17. The molecule has 21 heavy (non-hydrogen) atoms. The highest BCUT2D eigenvalue weighted by atomic mass is 28.4. The van der Waals surface area contributed by atoms with Gasteiger partial charge in [0, 0.05) is 13.2 Å². The van der Waals surface area contributed by atoms with E-state index in [9.17, 15) is 0 Å². The van der Waals surface area contributed by atoms with E-state index in [2.05, 4.69) is 39.8 Å². The maximum atomic E-state index is 6.59. The van der Waals surface area contributed by atoms with Crippen molar-refractivity contribution in [1.82, 2.24) is 0 Å². The molecular formula is C18H32O2Si. The van der Waals surface area contributed by atoms with Gasteiger partial charge in [-0.1, -0.05) is 39.8 Å². The predicted octanol–water partition coefficient (Wildman–Crippen LogP) is 5.07. The summed E-state index contributed by atoms with van der Waals surface area (Å²) < 4.78 is 13.2. The fraction of sp³-hybridized carbons (Fsp3) is 0.778. The molecule has 0 aromatic carbocycles. The van der Waals surface area contributed by atoms with Crippen LogP contribution in [0.25, 0.3) is 0 Å². The third kappa shape index (κ3) is 4.30. The molecule has 0 aromatic heterocycles. The summed E-state index contributed by atoms with van der Waals surface area (Å²) in [5.74, 6) is 1.12. The van der Waals surface area contributed by atoms with Crippen molar-refractivity contribution < 1.29 is 8.85 Å². The Labute approximate surface area is 131 Å². The molecule has 0 N–H and O–H groups in total. The van der Waals surface area contributed by atoms with Gasteiger partial charge in [-0.2, -0.15) is 0 Å². The van der Waals surface area contributed by atoms with Gasteiger partial charge in [-0.25, -0.2) is 0 Å². The predicted molar refractivity (Wildman–Crippen MR) is 91.2 cm³/mol. The summed E-state index contributed by atoms with van der Waals surface area (Å²) in [4.78, 5) is 0. The van der Waals surface area contributed by atoms with E-state index in [0.29, 0.717) is 11.8 Å². The zero-order valence-electron chi connectivity index (χ0n) is 14.3. The highest BCUT2D eigenvalue weighted by molar-refractivity contribution is 6.82. The van der Waals surface area contributed by atoms with Crippen LogP contribution in [0, 0.1) is 11.8 Å². The maximum Gasteiger partial charge on any atom is 0.398 e. The lowest BCUT2D eigenvalue weighted by molar-refractivity contribution is 0.150. The van der Waals surface area contributed by atoms with Crippen molar-refractivity contribution >= 4 is 8.56 Å². The van der Waals surface area contributed by atoms with Gasteiger partial charge in [-0.15, -0.1) is 0 Å².